The fourth-order valence-corrected chi connectivity index (χ4v) is 1.49. The lowest BCUT2D eigenvalue weighted by Gasteiger charge is -2.07. The Balaban J connectivity index is 2.48. The number of carbonyl (C=O) groups excluding carboxylic acids is 1. The predicted octanol–water partition coefficient (Wildman–Crippen LogP) is 0.603. The number of rotatable bonds is 3. The van der Waals surface area contributed by atoms with Crippen LogP contribution in [-0.4, -0.2) is 20.8 Å². The number of aliphatic hydroxyl groups excluding tert-OH is 1. The molecule has 0 saturated heterocycles. The number of amides is 1. The molecule has 5 nitrogen and oxygen atoms in total. The minimum Gasteiger partial charge on any atom is -0.392 e. The summed E-state index contributed by atoms with van der Waals surface area (Å²) in [5.74, 6) is -1.09. The Bertz CT molecular complexity index is 566. The minimum atomic E-state index is -0.642. The fraction of sp³-hybridized carbons (Fsp3) is 0.0909. The standard InChI is InChI=1S/C11H10FN3O2/c12-8-1-2-10(7(5-8)6-16)15-4-3-9(14-15)11(13)17/h1-5,16H,6H2,(H2,13,17). The molecule has 0 unspecified atom stereocenters. The molecule has 1 heterocycles. The number of nitrogens with two attached hydrogens (primary N) is 1. The van der Waals surface area contributed by atoms with Gasteiger partial charge in [-0.25, -0.2) is 9.07 Å². The van der Waals surface area contributed by atoms with Crippen molar-refractivity contribution in [2.75, 3.05) is 0 Å². The van der Waals surface area contributed by atoms with Crippen LogP contribution in [0.15, 0.2) is 30.5 Å². The summed E-state index contributed by atoms with van der Waals surface area (Å²) in [5, 5.41) is 13.0. The Morgan fingerprint density at radius 3 is 2.82 bits per heavy atom. The Morgan fingerprint density at radius 1 is 1.47 bits per heavy atom. The number of hydrogen-bond acceptors (Lipinski definition) is 3. The Hall–Kier alpha value is -2.21. The Morgan fingerprint density at radius 2 is 2.24 bits per heavy atom. The van der Waals surface area contributed by atoms with E-state index < -0.39 is 11.7 Å². The number of halogens is 1. The van der Waals surface area contributed by atoms with E-state index in [-0.39, 0.29) is 12.3 Å². The summed E-state index contributed by atoms with van der Waals surface area (Å²) in [6.45, 7) is -0.321. The predicted molar refractivity (Wildman–Crippen MR) is 58.0 cm³/mol. The molecule has 0 radical (unpaired) electrons. The summed E-state index contributed by atoms with van der Waals surface area (Å²) in [6.07, 6.45) is 1.52. The van der Waals surface area contributed by atoms with Crippen LogP contribution in [0.1, 0.15) is 16.1 Å². The molecule has 0 atom stereocenters. The molecular formula is C11H10FN3O2. The highest BCUT2D eigenvalue weighted by molar-refractivity contribution is 5.90. The van der Waals surface area contributed by atoms with Crippen molar-refractivity contribution in [3.63, 3.8) is 0 Å². The Labute approximate surface area is 96.3 Å². The molecule has 2 rings (SSSR count). The van der Waals surface area contributed by atoms with Gasteiger partial charge in [-0.2, -0.15) is 5.10 Å². The highest BCUT2D eigenvalue weighted by Gasteiger charge is 2.09. The Kier molecular flexibility index (Phi) is 2.88. The minimum absolute atomic E-state index is 0.109. The lowest BCUT2D eigenvalue weighted by molar-refractivity contribution is 0.0995. The molecular weight excluding hydrogens is 225 g/mol. The van der Waals surface area contributed by atoms with Crippen LogP contribution in [0.2, 0.25) is 0 Å². The lowest BCUT2D eigenvalue weighted by Crippen LogP contribution is -2.12. The number of benzene rings is 1. The van der Waals surface area contributed by atoms with E-state index in [0.717, 1.165) is 0 Å². The van der Waals surface area contributed by atoms with Crippen molar-refractivity contribution in [2.45, 2.75) is 6.61 Å². The summed E-state index contributed by atoms with van der Waals surface area (Å²) in [4.78, 5) is 10.9. The highest BCUT2D eigenvalue weighted by Crippen LogP contribution is 2.16. The zero-order valence-corrected chi connectivity index (χ0v) is 8.80. The zero-order valence-electron chi connectivity index (χ0n) is 8.80. The summed E-state index contributed by atoms with van der Waals surface area (Å²) < 4.78 is 14.3. The first-order chi connectivity index (χ1) is 8.11. The third-order valence-corrected chi connectivity index (χ3v) is 2.30. The first-order valence-corrected chi connectivity index (χ1v) is 4.87. The van der Waals surface area contributed by atoms with E-state index >= 15 is 0 Å². The van der Waals surface area contributed by atoms with Crippen LogP contribution >= 0.6 is 0 Å². The topological polar surface area (TPSA) is 81.1 Å². The first kappa shape index (κ1) is 11.3. The highest BCUT2D eigenvalue weighted by atomic mass is 19.1. The number of carbonyl (C=O) groups is 1. The molecule has 2 aromatic rings. The molecule has 0 spiro atoms. The normalized spacial score (nSPS) is 10.5. The number of primary amides is 1. The third kappa shape index (κ3) is 2.16. The lowest BCUT2D eigenvalue weighted by atomic mass is 10.2. The van der Waals surface area contributed by atoms with Gasteiger partial charge in [-0.15, -0.1) is 0 Å². The quantitative estimate of drug-likeness (QED) is 0.817. The molecule has 3 N–H and O–H groups in total. The van der Waals surface area contributed by atoms with E-state index in [2.05, 4.69) is 5.10 Å². The van der Waals surface area contributed by atoms with Gasteiger partial charge in [0.15, 0.2) is 0 Å². The van der Waals surface area contributed by atoms with Crippen molar-refractivity contribution < 1.29 is 14.3 Å². The van der Waals surface area contributed by atoms with E-state index in [1.165, 1.54) is 35.1 Å². The molecule has 17 heavy (non-hydrogen) atoms. The number of aromatic nitrogens is 2. The van der Waals surface area contributed by atoms with E-state index in [1.54, 1.807) is 0 Å². The van der Waals surface area contributed by atoms with Crippen LogP contribution in [0, 0.1) is 5.82 Å². The average Bonchev–Trinajstić information content (AvgIpc) is 2.78. The number of nitrogens with zero attached hydrogens (tertiary/aromatic N) is 2. The fourth-order valence-electron chi connectivity index (χ4n) is 1.49. The van der Waals surface area contributed by atoms with Crippen LogP contribution in [0.4, 0.5) is 4.39 Å². The van der Waals surface area contributed by atoms with Crippen molar-refractivity contribution in [2.24, 2.45) is 5.73 Å². The largest absolute Gasteiger partial charge is 0.392 e. The maximum atomic E-state index is 13.0. The molecule has 0 fully saturated rings. The van der Waals surface area contributed by atoms with Crippen LogP contribution in [0.3, 0.4) is 0 Å². The molecule has 0 aliphatic carbocycles. The van der Waals surface area contributed by atoms with Gasteiger partial charge in [0.25, 0.3) is 5.91 Å². The van der Waals surface area contributed by atoms with Gasteiger partial charge in [0.1, 0.15) is 11.5 Å². The third-order valence-electron chi connectivity index (χ3n) is 2.30. The van der Waals surface area contributed by atoms with Gasteiger partial charge in [-0.1, -0.05) is 0 Å². The SMILES string of the molecule is NC(=O)c1ccn(-c2ccc(F)cc2CO)n1. The van der Waals surface area contributed by atoms with Gasteiger partial charge in [-0.3, -0.25) is 4.79 Å². The monoisotopic (exact) mass is 235 g/mol. The van der Waals surface area contributed by atoms with Crippen LogP contribution in [0.25, 0.3) is 5.69 Å². The number of hydrogen-bond donors (Lipinski definition) is 2. The average molecular weight is 235 g/mol. The van der Waals surface area contributed by atoms with Gasteiger partial charge in [0.05, 0.1) is 12.3 Å². The second kappa shape index (κ2) is 4.34. The summed E-state index contributed by atoms with van der Waals surface area (Å²) in [6, 6.07) is 5.38. The first-order valence-electron chi connectivity index (χ1n) is 4.87. The van der Waals surface area contributed by atoms with Gasteiger partial charge in [0, 0.05) is 11.8 Å². The van der Waals surface area contributed by atoms with Crippen LogP contribution < -0.4 is 5.73 Å². The maximum absolute atomic E-state index is 13.0. The second-order valence-electron chi connectivity index (χ2n) is 3.44. The molecule has 6 heteroatoms. The number of aliphatic hydroxyl groups is 1. The molecule has 0 saturated carbocycles. The van der Waals surface area contributed by atoms with Crippen molar-refractivity contribution in [3.8, 4) is 5.69 Å². The van der Waals surface area contributed by atoms with Crippen LogP contribution in [-0.2, 0) is 6.61 Å². The molecule has 0 aliphatic rings. The van der Waals surface area contributed by atoms with Gasteiger partial charge >= 0.3 is 0 Å². The van der Waals surface area contributed by atoms with E-state index in [1.807, 2.05) is 0 Å². The molecule has 1 amide bonds. The summed E-state index contributed by atoms with van der Waals surface area (Å²) >= 11 is 0. The van der Waals surface area contributed by atoms with Gasteiger partial charge in [-0.05, 0) is 24.3 Å². The molecule has 1 aromatic carbocycles. The molecule has 0 bridgehead atoms. The van der Waals surface area contributed by atoms with Crippen molar-refractivity contribution in [1.82, 2.24) is 9.78 Å². The van der Waals surface area contributed by atoms with Gasteiger partial charge < -0.3 is 10.8 Å². The molecule has 88 valence electrons. The van der Waals surface area contributed by atoms with Crippen molar-refractivity contribution in [3.05, 3.63) is 47.5 Å². The van der Waals surface area contributed by atoms with Gasteiger partial charge in [0.2, 0.25) is 0 Å². The van der Waals surface area contributed by atoms with Crippen molar-refractivity contribution in [1.29, 1.82) is 0 Å². The van der Waals surface area contributed by atoms with E-state index in [4.69, 9.17) is 10.8 Å². The second-order valence-corrected chi connectivity index (χ2v) is 3.44. The molecule has 0 aliphatic heterocycles. The zero-order chi connectivity index (χ0) is 12.4. The molecule has 1 aromatic heterocycles. The maximum Gasteiger partial charge on any atom is 0.269 e. The van der Waals surface area contributed by atoms with Crippen LogP contribution in [0.5, 0.6) is 0 Å². The summed E-state index contributed by atoms with van der Waals surface area (Å²) in [7, 11) is 0. The summed E-state index contributed by atoms with van der Waals surface area (Å²) in [5.41, 5.74) is 6.07. The van der Waals surface area contributed by atoms with E-state index in [9.17, 15) is 9.18 Å². The van der Waals surface area contributed by atoms with E-state index in [0.29, 0.717) is 11.3 Å². The smallest absolute Gasteiger partial charge is 0.269 e. The van der Waals surface area contributed by atoms with Crippen molar-refractivity contribution >= 4 is 5.91 Å².